The van der Waals surface area contributed by atoms with E-state index >= 15 is 0 Å². The first-order chi connectivity index (χ1) is 11.0. The molecule has 0 amide bonds. The first-order valence-electron chi connectivity index (χ1n) is 5.66. The monoisotopic (exact) mass is 316 g/mol. The topological polar surface area (TPSA) is 138 Å². The number of halogens is 3. The minimum Gasteiger partial charge on any atom is -0.357 e. The number of allylic oxidation sites excluding steroid dienone is 1. The van der Waals surface area contributed by atoms with Gasteiger partial charge in [-0.25, -0.2) is 13.2 Å². The largest absolute Gasteiger partial charge is 0.357 e. The zero-order valence-corrected chi connectivity index (χ0v) is 10.9. The van der Waals surface area contributed by atoms with Crippen molar-refractivity contribution in [2.75, 3.05) is 5.32 Å². The van der Waals surface area contributed by atoms with Crippen molar-refractivity contribution >= 4 is 11.3 Å². The molecule has 0 radical (unpaired) electrons. The van der Waals surface area contributed by atoms with Gasteiger partial charge in [-0.05, 0) is 5.21 Å². The molecule has 0 bridgehead atoms. The highest BCUT2D eigenvalue weighted by atomic mass is 19.2. The van der Waals surface area contributed by atoms with Crippen molar-refractivity contribution in [1.29, 1.82) is 15.8 Å². The number of nitrogens with zero attached hydrogens (tertiary/aromatic N) is 6. The summed E-state index contributed by atoms with van der Waals surface area (Å²) >= 11 is 0. The third kappa shape index (κ3) is 2.64. The van der Waals surface area contributed by atoms with Gasteiger partial charge in [-0.2, -0.15) is 21.0 Å². The summed E-state index contributed by atoms with van der Waals surface area (Å²) in [5.41, 5.74) is -3.21. The third-order valence-electron chi connectivity index (χ3n) is 2.61. The number of nitrogens with one attached hydrogen (secondary N) is 2. The number of hydrogen-bond acceptors (Lipinski definition) is 7. The molecule has 0 aliphatic heterocycles. The zero-order valence-electron chi connectivity index (χ0n) is 10.9. The van der Waals surface area contributed by atoms with Crippen molar-refractivity contribution in [3.05, 3.63) is 40.6 Å². The van der Waals surface area contributed by atoms with Crippen LogP contribution in [0.1, 0.15) is 17.0 Å². The van der Waals surface area contributed by atoms with Crippen LogP contribution in [0, 0.1) is 51.4 Å². The highest BCUT2D eigenvalue weighted by Gasteiger charge is 2.25. The molecule has 0 spiro atoms. The zero-order chi connectivity index (χ0) is 17.0. The average Bonchev–Trinajstić information content (AvgIpc) is 3.07. The second-order valence-corrected chi connectivity index (χ2v) is 3.84. The smallest absolute Gasteiger partial charge is 0.216 e. The Balaban J connectivity index is 2.57. The Hall–Kier alpha value is -3.91. The molecule has 2 N–H and O–H groups in total. The SMILES string of the molecule is N#CC(=CNc1c(F)c(C#N)c(F)c(F)c1C#N)c1nn[nH]n1. The molecule has 0 aliphatic rings. The van der Waals surface area contributed by atoms with Crippen molar-refractivity contribution in [3.63, 3.8) is 0 Å². The second kappa shape index (κ2) is 6.24. The van der Waals surface area contributed by atoms with Crippen LogP contribution in [0.15, 0.2) is 6.20 Å². The number of rotatable bonds is 3. The molecule has 112 valence electrons. The average molecular weight is 316 g/mol. The van der Waals surface area contributed by atoms with Gasteiger partial charge in [0, 0.05) is 6.20 Å². The fraction of sp³-hybridized carbons (Fsp3) is 0. The van der Waals surface area contributed by atoms with Gasteiger partial charge < -0.3 is 5.32 Å². The minimum atomic E-state index is -1.77. The Kier molecular flexibility index (Phi) is 4.20. The number of benzene rings is 1. The number of anilines is 1. The molecule has 2 aromatic rings. The predicted molar refractivity (Wildman–Crippen MR) is 67.1 cm³/mol. The van der Waals surface area contributed by atoms with E-state index in [2.05, 4.69) is 25.9 Å². The predicted octanol–water partition coefficient (Wildman–Crippen LogP) is 1.34. The van der Waals surface area contributed by atoms with Gasteiger partial charge in [0.25, 0.3) is 0 Å². The quantitative estimate of drug-likeness (QED) is 0.643. The van der Waals surface area contributed by atoms with E-state index in [1.54, 1.807) is 6.07 Å². The first kappa shape index (κ1) is 15.5. The Morgan fingerprint density at radius 2 is 1.70 bits per heavy atom. The van der Waals surface area contributed by atoms with Gasteiger partial charge in [-0.15, -0.1) is 10.2 Å². The van der Waals surface area contributed by atoms with Gasteiger partial charge in [0.2, 0.25) is 5.82 Å². The van der Waals surface area contributed by atoms with E-state index in [1.165, 1.54) is 6.07 Å². The van der Waals surface area contributed by atoms with Gasteiger partial charge >= 0.3 is 0 Å². The Bertz CT molecular complexity index is 912. The molecular weight excluding hydrogens is 313 g/mol. The lowest BCUT2D eigenvalue weighted by atomic mass is 10.1. The van der Waals surface area contributed by atoms with Gasteiger partial charge in [-0.3, -0.25) is 0 Å². The van der Waals surface area contributed by atoms with Crippen molar-refractivity contribution in [2.45, 2.75) is 0 Å². The van der Waals surface area contributed by atoms with E-state index in [-0.39, 0.29) is 11.4 Å². The van der Waals surface area contributed by atoms with Crippen LogP contribution < -0.4 is 5.32 Å². The summed E-state index contributed by atoms with van der Waals surface area (Å²) in [6.45, 7) is 0. The second-order valence-electron chi connectivity index (χ2n) is 3.84. The maximum Gasteiger partial charge on any atom is 0.216 e. The summed E-state index contributed by atoms with van der Waals surface area (Å²) < 4.78 is 41.2. The van der Waals surface area contributed by atoms with E-state index < -0.39 is 34.3 Å². The van der Waals surface area contributed by atoms with Crippen LogP contribution in [0.2, 0.25) is 0 Å². The highest BCUT2D eigenvalue weighted by Crippen LogP contribution is 2.29. The maximum absolute atomic E-state index is 14.1. The molecule has 8 nitrogen and oxygen atoms in total. The van der Waals surface area contributed by atoms with Crippen LogP contribution in [0.25, 0.3) is 5.57 Å². The maximum atomic E-state index is 14.1. The first-order valence-corrected chi connectivity index (χ1v) is 5.66. The number of hydrogen-bond donors (Lipinski definition) is 2. The Morgan fingerprint density at radius 1 is 1.04 bits per heavy atom. The Labute approximate surface area is 126 Å². The van der Waals surface area contributed by atoms with E-state index in [1.807, 2.05) is 0 Å². The lowest BCUT2D eigenvalue weighted by Crippen LogP contribution is -2.06. The number of tetrazole rings is 1. The number of aromatic amines is 1. The molecule has 1 aromatic heterocycles. The fourth-order valence-electron chi connectivity index (χ4n) is 1.57. The summed E-state index contributed by atoms with van der Waals surface area (Å²) in [5.74, 6) is -5.07. The molecule has 0 saturated heterocycles. The van der Waals surface area contributed by atoms with Gasteiger partial charge in [0.05, 0.1) is 5.69 Å². The fourth-order valence-corrected chi connectivity index (χ4v) is 1.57. The third-order valence-corrected chi connectivity index (χ3v) is 2.61. The number of nitriles is 3. The van der Waals surface area contributed by atoms with Gasteiger partial charge in [-0.1, -0.05) is 0 Å². The normalized spacial score (nSPS) is 10.5. The minimum absolute atomic E-state index is 0.151. The molecule has 0 aliphatic carbocycles. The summed E-state index contributed by atoms with van der Waals surface area (Å²) in [4.78, 5) is 0. The van der Waals surface area contributed by atoms with Crippen LogP contribution in [-0.4, -0.2) is 20.6 Å². The van der Waals surface area contributed by atoms with E-state index in [9.17, 15) is 13.2 Å². The van der Waals surface area contributed by atoms with E-state index in [0.29, 0.717) is 0 Å². The summed E-state index contributed by atoms with van der Waals surface area (Å²) in [6, 6.07) is 4.11. The molecule has 0 fully saturated rings. The molecule has 0 saturated carbocycles. The van der Waals surface area contributed by atoms with Crippen LogP contribution in [-0.2, 0) is 0 Å². The summed E-state index contributed by atoms with van der Waals surface area (Å²) in [6.07, 6.45) is 0.864. The van der Waals surface area contributed by atoms with Crippen molar-refractivity contribution < 1.29 is 13.2 Å². The lowest BCUT2D eigenvalue weighted by Gasteiger charge is -2.09. The summed E-state index contributed by atoms with van der Waals surface area (Å²) in [7, 11) is 0. The molecule has 11 heteroatoms. The van der Waals surface area contributed by atoms with Crippen molar-refractivity contribution in [2.24, 2.45) is 0 Å². The Morgan fingerprint density at radius 3 is 2.22 bits per heavy atom. The number of H-pyrrole nitrogens is 1. The van der Waals surface area contributed by atoms with Gasteiger partial charge in [0.1, 0.15) is 34.9 Å². The van der Waals surface area contributed by atoms with Crippen molar-refractivity contribution in [1.82, 2.24) is 20.6 Å². The van der Waals surface area contributed by atoms with Crippen molar-refractivity contribution in [3.8, 4) is 18.2 Å². The lowest BCUT2D eigenvalue weighted by molar-refractivity contribution is 0.490. The molecule has 0 atom stereocenters. The number of aromatic nitrogens is 4. The molecular formula is C12H3F3N8. The van der Waals surface area contributed by atoms with Crippen LogP contribution >= 0.6 is 0 Å². The standard InChI is InChI=1S/C12H3F3N8/c13-8-6(2-17)10(15)11(7(3-18)9(8)14)19-4-5(1-16)12-20-22-23-21-12/h4,19H,(H,20,21,22,23). The molecule has 0 unspecified atom stereocenters. The molecule has 1 aromatic carbocycles. The van der Waals surface area contributed by atoms with Crippen LogP contribution in [0.3, 0.4) is 0 Å². The highest BCUT2D eigenvalue weighted by molar-refractivity contribution is 5.75. The summed E-state index contributed by atoms with van der Waals surface area (Å²) in [5, 5.41) is 40.9. The molecule has 2 rings (SSSR count). The molecule has 23 heavy (non-hydrogen) atoms. The van der Waals surface area contributed by atoms with Crippen LogP contribution in [0.4, 0.5) is 18.9 Å². The molecule has 1 heterocycles. The van der Waals surface area contributed by atoms with Gasteiger partial charge in [0.15, 0.2) is 17.5 Å². The van der Waals surface area contributed by atoms with E-state index in [4.69, 9.17) is 15.8 Å². The van der Waals surface area contributed by atoms with Crippen LogP contribution in [0.5, 0.6) is 0 Å². The van der Waals surface area contributed by atoms with E-state index in [0.717, 1.165) is 12.3 Å².